The lowest BCUT2D eigenvalue weighted by molar-refractivity contribution is -0.132. The summed E-state index contributed by atoms with van der Waals surface area (Å²) in [7, 11) is -2.56. The van der Waals surface area contributed by atoms with Crippen LogP contribution in [-0.4, -0.2) is 37.1 Å². The molecular weight excluding hydrogens is 473 g/mol. The van der Waals surface area contributed by atoms with E-state index >= 15 is 0 Å². The maximum atomic E-state index is 13.7. The van der Waals surface area contributed by atoms with E-state index in [1.54, 1.807) is 36.4 Å². The van der Waals surface area contributed by atoms with Crippen molar-refractivity contribution in [3.8, 4) is 6.07 Å². The third-order valence-corrected chi connectivity index (χ3v) is 8.14. The van der Waals surface area contributed by atoms with E-state index in [1.165, 1.54) is 36.2 Å². The van der Waals surface area contributed by atoms with Gasteiger partial charge in [0.2, 0.25) is 5.91 Å². The standard InChI is InChI=1S/C22H19ClFN3O3S2/c1-26(32(29,30)22-10-9-20(23)31-22)15-21(28)27(14-18-3-2-4-19(24)11-18)13-17-7-5-16(12-25)6-8-17/h2-11H,13-15H2,1H3. The van der Waals surface area contributed by atoms with E-state index in [4.69, 9.17) is 16.9 Å². The van der Waals surface area contributed by atoms with Gasteiger partial charge >= 0.3 is 0 Å². The first-order valence-corrected chi connectivity index (χ1v) is 12.1. The monoisotopic (exact) mass is 491 g/mol. The second-order valence-corrected chi connectivity index (χ2v) is 11.0. The Labute approximate surface area is 195 Å². The third kappa shape index (κ3) is 5.93. The number of carbonyl (C=O) groups is 1. The van der Waals surface area contributed by atoms with Crippen LogP contribution in [0.1, 0.15) is 16.7 Å². The molecule has 0 aliphatic rings. The molecule has 0 fully saturated rings. The van der Waals surface area contributed by atoms with Gasteiger partial charge in [0.05, 0.1) is 22.5 Å². The fourth-order valence-electron chi connectivity index (χ4n) is 2.96. The molecule has 0 saturated carbocycles. The van der Waals surface area contributed by atoms with Crippen LogP contribution in [-0.2, 0) is 27.9 Å². The zero-order chi connectivity index (χ0) is 23.3. The number of amides is 1. The molecule has 32 heavy (non-hydrogen) atoms. The van der Waals surface area contributed by atoms with E-state index < -0.39 is 28.3 Å². The van der Waals surface area contributed by atoms with E-state index in [2.05, 4.69) is 0 Å². The Bertz CT molecular complexity index is 1250. The maximum Gasteiger partial charge on any atom is 0.252 e. The second-order valence-electron chi connectivity index (χ2n) is 7.01. The first-order chi connectivity index (χ1) is 15.2. The molecule has 0 N–H and O–H groups in total. The van der Waals surface area contributed by atoms with Gasteiger partial charge in [0.25, 0.3) is 10.0 Å². The highest BCUT2D eigenvalue weighted by molar-refractivity contribution is 7.91. The summed E-state index contributed by atoms with van der Waals surface area (Å²) in [6, 6.07) is 17.5. The molecule has 0 spiro atoms. The Morgan fingerprint density at radius 2 is 1.78 bits per heavy atom. The van der Waals surface area contributed by atoms with Crippen molar-refractivity contribution in [3.05, 3.63) is 87.5 Å². The van der Waals surface area contributed by atoms with Crippen LogP contribution in [0.3, 0.4) is 0 Å². The number of nitriles is 1. The number of hydrogen-bond donors (Lipinski definition) is 0. The van der Waals surface area contributed by atoms with Crippen LogP contribution in [0.5, 0.6) is 0 Å². The van der Waals surface area contributed by atoms with Crippen LogP contribution in [0.2, 0.25) is 4.34 Å². The minimum atomic E-state index is -3.88. The van der Waals surface area contributed by atoms with Crippen molar-refractivity contribution in [2.45, 2.75) is 17.3 Å². The summed E-state index contributed by atoms with van der Waals surface area (Å²) in [5, 5.41) is 8.97. The lowest BCUT2D eigenvalue weighted by Crippen LogP contribution is -2.40. The molecule has 0 bridgehead atoms. The SMILES string of the molecule is CN(CC(=O)N(Cc1ccc(C#N)cc1)Cc1cccc(F)c1)S(=O)(=O)c1ccc(Cl)s1. The van der Waals surface area contributed by atoms with Gasteiger partial charge in [-0.1, -0.05) is 35.9 Å². The summed E-state index contributed by atoms with van der Waals surface area (Å²) in [5.74, 6) is -0.880. The Morgan fingerprint density at radius 3 is 2.38 bits per heavy atom. The van der Waals surface area contributed by atoms with Crippen LogP contribution < -0.4 is 0 Å². The summed E-state index contributed by atoms with van der Waals surface area (Å²) in [5.41, 5.74) is 1.81. The minimum absolute atomic E-state index is 0.0431. The molecule has 0 aliphatic carbocycles. The highest BCUT2D eigenvalue weighted by Crippen LogP contribution is 2.27. The molecule has 3 rings (SSSR count). The van der Waals surface area contributed by atoms with Gasteiger partial charge < -0.3 is 4.90 Å². The fraction of sp³-hybridized carbons (Fsp3) is 0.182. The number of halogens is 2. The predicted molar refractivity (Wildman–Crippen MR) is 121 cm³/mol. The van der Waals surface area contributed by atoms with Gasteiger partial charge in [-0.2, -0.15) is 9.57 Å². The van der Waals surface area contributed by atoms with Crippen molar-refractivity contribution in [3.63, 3.8) is 0 Å². The van der Waals surface area contributed by atoms with Gasteiger partial charge in [0.1, 0.15) is 10.0 Å². The molecule has 2 aromatic carbocycles. The Hall–Kier alpha value is -2.77. The number of thiophene rings is 1. The van der Waals surface area contributed by atoms with Crippen LogP contribution in [0, 0.1) is 17.1 Å². The van der Waals surface area contributed by atoms with Gasteiger partial charge in [-0.15, -0.1) is 11.3 Å². The molecule has 10 heteroatoms. The third-order valence-electron chi connectivity index (χ3n) is 4.64. The maximum absolute atomic E-state index is 13.7. The van der Waals surface area contributed by atoms with Crippen LogP contribution in [0.15, 0.2) is 64.9 Å². The largest absolute Gasteiger partial charge is 0.333 e. The summed E-state index contributed by atoms with van der Waals surface area (Å²) in [4.78, 5) is 14.6. The van der Waals surface area contributed by atoms with Gasteiger partial charge in [-0.05, 0) is 47.5 Å². The molecule has 0 radical (unpaired) electrons. The molecule has 1 heterocycles. The molecule has 1 amide bonds. The van der Waals surface area contributed by atoms with Gasteiger partial charge in [0.15, 0.2) is 0 Å². The number of sulfonamides is 1. The van der Waals surface area contributed by atoms with E-state index in [0.29, 0.717) is 15.5 Å². The van der Waals surface area contributed by atoms with E-state index in [1.807, 2.05) is 6.07 Å². The van der Waals surface area contributed by atoms with E-state index in [-0.39, 0.29) is 17.3 Å². The molecule has 3 aromatic rings. The van der Waals surface area contributed by atoms with Crippen molar-refractivity contribution in [2.24, 2.45) is 0 Å². The van der Waals surface area contributed by atoms with Crippen molar-refractivity contribution in [2.75, 3.05) is 13.6 Å². The molecule has 166 valence electrons. The molecule has 0 aliphatic heterocycles. The number of benzene rings is 2. The summed E-state index contributed by atoms with van der Waals surface area (Å²) in [6.45, 7) is -0.140. The number of hydrogen-bond acceptors (Lipinski definition) is 5. The molecule has 6 nitrogen and oxygen atoms in total. The average Bonchev–Trinajstić information content (AvgIpc) is 3.21. The fourth-order valence-corrected chi connectivity index (χ4v) is 5.77. The van der Waals surface area contributed by atoms with Crippen molar-refractivity contribution in [1.82, 2.24) is 9.21 Å². The number of rotatable bonds is 8. The zero-order valence-corrected chi connectivity index (χ0v) is 19.4. The van der Waals surface area contributed by atoms with Crippen molar-refractivity contribution >= 4 is 38.9 Å². The highest BCUT2D eigenvalue weighted by atomic mass is 35.5. The molecular formula is C22H19ClFN3O3S2. The normalized spacial score (nSPS) is 11.3. The van der Waals surface area contributed by atoms with Crippen molar-refractivity contribution < 1.29 is 17.6 Å². The summed E-state index contributed by atoms with van der Waals surface area (Å²) in [6.07, 6.45) is 0. The quantitative estimate of drug-likeness (QED) is 0.471. The van der Waals surface area contributed by atoms with E-state index in [0.717, 1.165) is 21.2 Å². The summed E-state index contributed by atoms with van der Waals surface area (Å²) < 4.78 is 40.5. The van der Waals surface area contributed by atoms with Gasteiger partial charge in [0, 0.05) is 20.1 Å². The molecule has 1 aromatic heterocycles. The Morgan fingerprint density at radius 1 is 1.09 bits per heavy atom. The Kier molecular flexibility index (Phi) is 7.64. The van der Waals surface area contributed by atoms with Crippen LogP contribution >= 0.6 is 22.9 Å². The predicted octanol–water partition coefficient (Wildman–Crippen LogP) is 4.26. The Balaban J connectivity index is 1.82. The molecule has 0 atom stereocenters. The summed E-state index contributed by atoms with van der Waals surface area (Å²) >= 11 is 6.76. The van der Waals surface area contributed by atoms with Crippen LogP contribution in [0.4, 0.5) is 4.39 Å². The first-order valence-electron chi connectivity index (χ1n) is 9.42. The van der Waals surface area contributed by atoms with Gasteiger partial charge in [-0.3, -0.25) is 4.79 Å². The smallest absolute Gasteiger partial charge is 0.252 e. The van der Waals surface area contributed by atoms with Crippen LogP contribution in [0.25, 0.3) is 0 Å². The number of nitrogens with zero attached hydrogens (tertiary/aromatic N) is 3. The van der Waals surface area contributed by atoms with Gasteiger partial charge in [-0.25, -0.2) is 12.8 Å². The van der Waals surface area contributed by atoms with E-state index in [9.17, 15) is 17.6 Å². The van der Waals surface area contributed by atoms with Crippen molar-refractivity contribution in [1.29, 1.82) is 5.26 Å². The lowest BCUT2D eigenvalue weighted by Gasteiger charge is -2.25. The topological polar surface area (TPSA) is 81.5 Å². The first kappa shape index (κ1) is 23.9. The average molecular weight is 492 g/mol. The number of likely N-dealkylation sites (N-methyl/N-ethyl adjacent to an activating group) is 1. The second kappa shape index (κ2) is 10.2. The minimum Gasteiger partial charge on any atom is -0.333 e. The molecule has 0 unspecified atom stereocenters. The lowest BCUT2D eigenvalue weighted by atomic mass is 10.1. The zero-order valence-electron chi connectivity index (χ0n) is 17.0. The number of carbonyl (C=O) groups excluding carboxylic acids is 1. The highest BCUT2D eigenvalue weighted by Gasteiger charge is 2.27. The molecule has 0 saturated heterocycles.